The molecule has 2 aromatic carbocycles. The molecule has 0 spiro atoms. The van der Waals surface area contributed by atoms with Crippen molar-refractivity contribution in [2.45, 2.75) is 6.92 Å². The molecule has 5 heteroatoms. The van der Waals surface area contributed by atoms with Crippen LogP contribution in [0.15, 0.2) is 63.4 Å². The Bertz CT molecular complexity index is 1040. The topological polar surface area (TPSA) is 68.3 Å². The Morgan fingerprint density at radius 3 is 2.83 bits per heavy atom. The molecule has 2 aromatic heterocycles. The van der Waals surface area contributed by atoms with Gasteiger partial charge in [-0.25, -0.2) is 4.98 Å². The van der Waals surface area contributed by atoms with E-state index >= 15 is 0 Å². The zero-order valence-corrected chi connectivity index (χ0v) is 12.9. The maximum absolute atomic E-state index is 12.1. The molecule has 2 heterocycles. The summed E-state index contributed by atoms with van der Waals surface area (Å²) in [7, 11) is 0. The highest BCUT2D eigenvalue weighted by atomic mass is 16.3. The Morgan fingerprint density at radius 2 is 1.96 bits per heavy atom. The van der Waals surface area contributed by atoms with E-state index in [9.17, 15) is 4.79 Å². The first kappa shape index (κ1) is 14.3. The Balaban J connectivity index is 1.50. The average Bonchev–Trinajstić information content (AvgIpc) is 3.14. The molecule has 24 heavy (non-hydrogen) atoms. The van der Waals surface area contributed by atoms with Gasteiger partial charge in [0.1, 0.15) is 16.9 Å². The first-order valence-electron chi connectivity index (χ1n) is 7.52. The maximum atomic E-state index is 12.1. The van der Waals surface area contributed by atoms with Gasteiger partial charge in [0.15, 0.2) is 11.5 Å². The van der Waals surface area contributed by atoms with E-state index in [4.69, 9.17) is 8.83 Å². The summed E-state index contributed by atoms with van der Waals surface area (Å²) in [6, 6.07) is 14.9. The van der Waals surface area contributed by atoms with Crippen LogP contribution in [0, 0.1) is 6.92 Å². The second-order valence-electron chi connectivity index (χ2n) is 5.42. The van der Waals surface area contributed by atoms with Crippen LogP contribution in [-0.2, 0) is 4.79 Å². The number of amides is 1. The molecule has 0 aliphatic rings. The van der Waals surface area contributed by atoms with Crippen molar-refractivity contribution in [1.29, 1.82) is 0 Å². The van der Waals surface area contributed by atoms with Gasteiger partial charge in [0.25, 0.3) is 0 Å². The Hall–Kier alpha value is -3.34. The second kappa shape index (κ2) is 5.70. The van der Waals surface area contributed by atoms with E-state index in [1.54, 1.807) is 25.1 Å². The lowest BCUT2D eigenvalue weighted by atomic mass is 10.2. The molecule has 0 fully saturated rings. The van der Waals surface area contributed by atoms with Crippen molar-refractivity contribution in [3.63, 3.8) is 0 Å². The van der Waals surface area contributed by atoms with Crippen LogP contribution in [0.2, 0.25) is 0 Å². The van der Waals surface area contributed by atoms with Crippen LogP contribution in [0.1, 0.15) is 11.7 Å². The minimum absolute atomic E-state index is 0.244. The largest absolute Gasteiger partial charge is 0.457 e. The summed E-state index contributed by atoms with van der Waals surface area (Å²) >= 11 is 0. The third-order valence-corrected chi connectivity index (χ3v) is 3.61. The lowest BCUT2D eigenvalue weighted by Gasteiger charge is -2.00. The fourth-order valence-corrected chi connectivity index (χ4v) is 2.54. The van der Waals surface area contributed by atoms with Gasteiger partial charge in [-0.3, -0.25) is 4.79 Å². The predicted molar refractivity (Wildman–Crippen MR) is 92.6 cm³/mol. The minimum atomic E-state index is -0.244. The van der Waals surface area contributed by atoms with Crippen molar-refractivity contribution in [3.05, 3.63) is 66.3 Å². The molecule has 5 nitrogen and oxygen atoms in total. The van der Waals surface area contributed by atoms with Crippen LogP contribution < -0.4 is 5.32 Å². The van der Waals surface area contributed by atoms with Gasteiger partial charge in [0.05, 0.1) is 0 Å². The molecule has 0 saturated heterocycles. The number of carbonyl (C=O) groups is 1. The highest BCUT2D eigenvalue weighted by molar-refractivity contribution is 6.02. The number of nitrogens with zero attached hydrogens (tertiary/aromatic N) is 1. The van der Waals surface area contributed by atoms with Crippen molar-refractivity contribution in [2.24, 2.45) is 0 Å². The van der Waals surface area contributed by atoms with E-state index in [0.717, 1.165) is 16.5 Å². The van der Waals surface area contributed by atoms with E-state index < -0.39 is 0 Å². The van der Waals surface area contributed by atoms with Gasteiger partial charge in [-0.05, 0) is 30.3 Å². The number of hydrogen-bond acceptors (Lipinski definition) is 4. The van der Waals surface area contributed by atoms with Crippen molar-refractivity contribution in [3.8, 4) is 0 Å². The molecule has 0 saturated carbocycles. The summed E-state index contributed by atoms with van der Waals surface area (Å²) in [5, 5.41) is 3.80. The Labute approximate surface area is 137 Å². The quantitative estimate of drug-likeness (QED) is 0.563. The number of aryl methyl sites for hydroxylation is 1. The lowest BCUT2D eigenvalue weighted by molar-refractivity contribution is -0.111. The monoisotopic (exact) mass is 318 g/mol. The van der Waals surface area contributed by atoms with E-state index in [0.29, 0.717) is 22.9 Å². The average molecular weight is 318 g/mol. The number of oxazole rings is 1. The number of aromatic nitrogens is 1. The fourth-order valence-electron chi connectivity index (χ4n) is 2.54. The summed E-state index contributed by atoms with van der Waals surface area (Å²) in [6.07, 6.45) is 3.08. The predicted octanol–water partition coefficient (Wildman–Crippen LogP) is 4.53. The number of fused-ring (bicyclic) bond motifs is 2. The van der Waals surface area contributed by atoms with Crippen LogP contribution >= 0.6 is 0 Å². The molecule has 4 rings (SSSR count). The number of hydrogen-bond donors (Lipinski definition) is 1. The van der Waals surface area contributed by atoms with Gasteiger partial charge in [0, 0.05) is 30.1 Å². The number of furan rings is 1. The summed E-state index contributed by atoms with van der Waals surface area (Å²) in [5.41, 5.74) is 2.86. The maximum Gasteiger partial charge on any atom is 0.248 e. The lowest BCUT2D eigenvalue weighted by Crippen LogP contribution is -2.07. The second-order valence-corrected chi connectivity index (χ2v) is 5.42. The van der Waals surface area contributed by atoms with Gasteiger partial charge >= 0.3 is 0 Å². The Morgan fingerprint density at radius 1 is 1.08 bits per heavy atom. The number of anilines is 1. The molecule has 1 amide bonds. The van der Waals surface area contributed by atoms with E-state index in [2.05, 4.69) is 10.3 Å². The Kier molecular flexibility index (Phi) is 3.39. The van der Waals surface area contributed by atoms with E-state index in [1.807, 2.05) is 36.4 Å². The smallest absolute Gasteiger partial charge is 0.248 e. The minimum Gasteiger partial charge on any atom is -0.457 e. The molecule has 0 aliphatic carbocycles. The zero-order chi connectivity index (χ0) is 16.5. The summed E-state index contributed by atoms with van der Waals surface area (Å²) in [4.78, 5) is 16.3. The van der Waals surface area contributed by atoms with Crippen LogP contribution in [-0.4, -0.2) is 10.9 Å². The van der Waals surface area contributed by atoms with E-state index in [1.165, 1.54) is 6.08 Å². The molecular weight excluding hydrogens is 304 g/mol. The van der Waals surface area contributed by atoms with E-state index in [-0.39, 0.29) is 5.91 Å². The van der Waals surface area contributed by atoms with Crippen molar-refractivity contribution in [2.75, 3.05) is 5.32 Å². The number of carbonyl (C=O) groups excluding carboxylic acids is 1. The van der Waals surface area contributed by atoms with Crippen LogP contribution in [0.25, 0.3) is 28.1 Å². The molecule has 0 bridgehead atoms. The molecular formula is C19H14N2O3. The van der Waals surface area contributed by atoms with Crippen molar-refractivity contribution >= 4 is 39.7 Å². The highest BCUT2D eigenvalue weighted by Crippen LogP contribution is 2.21. The van der Waals surface area contributed by atoms with Crippen molar-refractivity contribution < 1.29 is 13.6 Å². The summed E-state index contributed by atoms with van der Waals surface area (Å²) in [6.45, 7) is 1.79. The number of para-hydroxylation sites is 1. The molecule has 0 radical (unpaired) electrons. The molecule has 0 aliphatic heterocycles. The van der Waals surface area contributed by atoms with Crippen LogP contribution in [0.4, 0.5) is 5.69 Å². The summed E-state index contributed by atoms with van der Waals surface area (Å²) < 4.78 is 11.1. The van der Waals surface area contributed by atoms with Gasteiger partial charge in [0.2, 0.25) is 5.91 Å². The SMILES string of the molecule is Cc1nc2ccc(NC(=O)/C=C/c3cc4ccccc4o3)cc2o1. The number of rotatable bonds is 3. The molecule has 0 unspecified atom stereocenters. The van der Waals surface area contributed by atoms with Gasteiger partial charge in [-0.15, -0.1) is 0 Å². The normalized spacial score (nSPS) is 11.5. The van der Waals surface area contributed by atoms with Crippen molar-refractivity contribution in [1.82, 2.24) is 4.98 Å². The summed E-state index contributed by atoms with van der Waals surface area (Å²) in [5.74, 6) is 0.983. The molecule has 1 N–H and O–H groups in total. The molecule has 4 aromatic rings. The van der Waals surface area contributed by atoms with Crippen LogP contribution in [0.5, 0.6) is 0 Å². The highest BCUT2D eigenvalue weighted by Gasteiger charge is 2.05. The fraction of sp³-hybridized carbons (Fsp3) is 0.0526. The molecule has 118 valence electrons. The standard InChI is InChI=1S/C19H14N2O3/c1-12-20-16-8-6-14(11-18(16)23-12)21-19(22)9-7-15-10-13-4-2-3-5-17(13)24-15/h2-11H,1H3,(H,21,22)/b9-7+. The van der Waals surface area contributed by atoms with Gasteiger partial charge in [-0.1, -0.05) is 18.2 Å². The van der Waals surface area contributed by atoms with Gasteiger partial charge < -0.3 is 14.2 Å². The zero-order valence-electron chi connectivity index (χ0n) is 12.9. The third-order valence-electron chi connectivity index (χ3n) is 3.61. The first-order chi connectivity index (χ1) is 11.7. The van der Waals surface area contributed by atoms with Crippen LogP contribution in [0.3, 0.4) is 0 Å². The first-order valence-corrected chi connectivity index (χ1v) is 7.52. The third kappa shape index (κ3) is 2.79. The van der Waals surface area contributed by atoms with Gasteiger partial charge in [-0.2, -0.15) is 0 Å². The number of benzene rings is 2. The molecule has 0 atom stereocenters. The number of nitrogens with one attached hydrogen (secondary N) is 1.